The summed E-state index contributed by atoms with van der Waals surface area (Å²) in [6.07, 6.45) is 1.37. The summed E-state index contributed by atoms with van der Waals surface area (Å²) in [7, 11) is -3.86. The highest BCUT2D eigenvalue weighted by Crippen LogP contribution is 2.37. The minimum atomic E-state index is -4.45. The van der Waals surface area contributed by atoms with Crippen LogP contribution in [0.2, 0.25) is 0 Å². The number of carbonyl (C=O) groups is 2. The number of nitrogens with one attached hydrogen (secondary N) is 1. The van der Waals surface area contributed by atoms with Crippen LogP contribution in [0.5, 0.6) is 0 Å². The van der Waals surface area contributed by atoms with Crippen LogP contribution in [-0.2, 0) is 21.4 Å². The van der Waals surface area contributed by atoms with E-state index in [1.807, 2.05) is 0 Å². The number of amides is 3. The van der Waals surface area contributed by atoms with Crippen LogP contribution in [0.4, 0.5) is 29.5 Å². The zero-order chi connectivity index (χ0) is 25.2. The Morgan fingerprint density at radius 3 is 2.34 bits per heavy atom. The number of thioether (sulfide) groups is 1. The number of hydrogen-bond donors (Lipinski definition) is 1. The SMILES string of the molecule is O=C1CN(Cc2ccnc(NS(=O)(=O)c3ccccc3)c2)C(=O)N1c1ccc(SC(F)(F)F)cc1. The smallest absolute Gasteiger partial charge is 0.310 e. The third-order valence-corrected chi connectivity index (χ3v) is 6.97. The van der Waals surface area contributed by atoms with Crippen LogP contribution in [0.25, 0.3) is 0 Å². The molecule has 2 heterocycles. The quantitative estimate of drug-likeness (QED) is 0.363. The normalized spacial score (nSPS) is 14.5. The van der Waals surface area contributed by atoms with Crippen molar-refractivity contribution in [2.24, 2.45) is 0 Å². The molecule has 13 heteroatoms. The minimum absolute atomic E-state index is 0.00827. The topological polar surface area (TPSA) is 99.7 Å². The zero-order valence-electron chi connectivity index (χ0n) is 17.8. The maximum atomic E-state index is 12.9. The molecule has 1 N–H and O–H groups in total. The van der Waals surface area contributed by atoms with E-state index in [0.717, 1.165) is 4.90 Å². The van der Waals surface area contributed by atoms with Gasteiger partial charge in [0.25, 0.3) is 15.9 Å². The van der Waals surface area contributed by atoms with Crippen LogP contribution in [0, 0.1) is 0 Å². The standard InChI is InChI=1S/C22H17F3N4O4S2/c23-22(24,25)34-17-8-6-16(7-9-17)29-20(30)14-28(21(29)31)13-15-10-11-26-19(12-15)27-35(32,33)18-4-2-1-3-5-18/h1-12H,13-14H2,(H,26,27). The van der Waals surface area contributed by atoms with Gasteiger partial charge in [-0.3, -0.25) is 9.52 Å². The second-order valence-corrected chi connectivity index (χ2v) is 10.2. The fourth-order valence-electron chi connectivity index (χ4n) is 3.37. The average Bonchev–Trinajstić information content (AvgIpc) is 3.06. The molecule has 0 spiro atoms. The highest BCUT2D eigenvalue weighted by molar-refractivity contribution is 8.00. The van der Waals surface area contributed by atoms with E-state index in [1.165, 1.54) is 53.6 Å². The molecule has 1 aliphatic heterocycles. The van der Waals surface area contributed by atoms with Crippen molar-refractivity contribution in [3.8, 4) is 0 Å². The Balaban J connectivity index is 1.46. The first-order valence-corrected chi connectivity index (χ1v) is 12.3. The molecule has 3 amide bonds. The van der Waals surface area contributed by atoms with Gasteiger partial charge in [0.05, 0.1) is 10.6 Å². The first-order chi connectivity index (χ1) is 16.5. The number of benzene rings is 2. The fourth-order valence-corrected chi connectivity index (χ4v) is 4.93. The van der Waals surface area contributed by atoms with Gasteiger partial charge < -0.3 is 4.90 Å². The van der Waals surface area contributed by atoms with Gasteiger partial charge in [-0.05, 0) is 65.9 Å². The Bertz CT molecular complexity index is 1350. The van der Waals surface area contributed by atoms with Gasteiger partial charge >= 0.3 is 11.5 Å². The molecule has 0 radical (unpaired) electrons. The van der Waals surface area contributed by atoms with Crippen LogP contribution < -0.4 is 9.62 Å². The van der Waals surface area contributed by atoms with Crippen molar-refractivity contribution < 1.29 is 31.2 Å². The number of aromatic nitrogens is 1. The van der Waals surface area contributed by atoms with E-state index < -0.39 is 27.5 Å². The predicted octanol–water partition coefficient (Wildman–Crippen LogP) is 4.46. The van der Waals surface area contributed by atoms with Crippen LogP contribution in [-0.4, -0.2) is 42.3 Å². The Labute approximate surface area is 202 Å². The second kappa shape index (κ2) is 9.58. The van der Waals surface area contributed by atoms with Crippen molar-refractivity contribution >= 4 is 45.2 Å². The minimum Gasteiger partial charge on any atom is -0.310 e. The number of halogens is 3. The lowest BCUT2D eigenvalue weighted by Crippen LogP contribution is -2.32. The van der Waals surface area contributed by atoms with Crippen LogP contribution >= 0.6 is 11.8 Å². The number of rotatable bonds is 7. The number of imide groups is 1. The molecule has 0 aliphatic carbocycles. The van der Waals surface area contributed by atoms with Gasteiger partial charge in [-0.15, -0.1) is 0 Å². The van der Waals surface area contributed by atoms with Gasteiger partial charge in [0.2, 0.25) is 0 Å². The number of sulfonamides is 1. The van der Waals surface area contributed by atoms with E-state index in [1.54, 1.807) is 24.3 Å². The van der Waals surface area contributed by atoms with E-state index in [0.29, 0.717) is 5.56 Å². The number of pyridine rings is 1. The molecule has 3 aromatic rings. The summed E-state index contributed by atoms with van der Waals surface area (Å²) in [5, 5.41) is 0. The average molecular weight is 523 g/mol. The highest BCUT2D eigenvalue weighted by Gasteiger charge is 2.37. The summed E-state index contributed by atoms with van der Waals surface area (Å²) in [4.78, 5) is 31.5. The Hall–Kier alpha value is -3.58. The van der Waals surface area contributed by atoms with Crippen molar-refractivity contribution in [2.75, 3.05) is 16.2 Å². The molecular weight excluding hydrogens is 505 g/mol. The van der Waals surface area contributed by atoms with Gasteiger partial charge in [0, 0.05) is 17.6 Å². The van der Waals surface area contributed by atoms with Crippen molar-refractivity contribution in [1.29, 1.82) is 0 Å². The van der Waals surface area contributed by atoms with E-state index in [-0.39, 0.29) is 46.1 Å². The number of alkyl halides is 3. The van der Waals surface area contributed by atoms with Crippen molar-refractivity contribution in [1.82, 2.24) is 9.88 Å². The summed E-state index contributed by atoms with van der Waals surface area (Å²) in [5.74, 6) is -0.496. The summed E-state index contributed by atoms with van der Waals surface area (Å²) in [6, 6.07) is 15.0. The van der Waals surface area contributed by atoms with E-state index in [2.05, 4.69) is 9.71 Å². The maximum Gasteiger partial charge on any atom is 0.446 e. The van der Waals surface area contributed by atoms with Gasteiger partial charge in [-0.2, -0.15) is 13.2 Å². The number of hydrogen-bond acceptors (Lipinski definition) is 6. The molecule has 4 rings (SSSR count). The van der Waals surface area contributed by atoms with Gasteiger partial charge in [0.1, 0.15) is 12.4 Å². The first kappa shape index (κ1) is 24.5. The third-order valence-electron chi connectivity index (χ3n) is 4.86. The molecule has 0 saturated carbocycles. The van der Waals surface area contributed by atoms with Gasteiger partial charge in [-0.25, -0.2) is 23.1 Å². The van der Waals surface area contributed by atoms with Crippen molar-refractivity contribution in [2.45, 2.75) is 21.8 Å². The number of anilines is 2. The summed E-state index contributed by atoms with van der Waals surface area (Å²) in [6.45, 7) is -0.253. The molecule has 1 saturated heterocycles. The molecule has 35 heavy (non-hydrogen) atoms. The zero-order valence-corrected chi connectivity index (χ0v) is 19.4. The van der Waals surface area contributed by atoms with E-state index >= 15 is 0 Å². The molecule has 182 valence electrons. The molecule has 0 unspecified atom stereocenters. The summed E-state index contributed by atoms with van der Waals surface area (Å²) >= 11 is -0.294. The van der Waals surface area contributed by atoms with Gasteiger partial charge in [0.15, 0.2) is 0 Å². The monoisotopic (exact) mass is 522 g/mol. The number of carbonyl (C=O) groups excluding carboxylic acids is 2. The summed E-state index contributed by atoms with van der Waals surface area (Å²) in [5.41, 5.74) is -3.78. The molecule has 1 fully saturated rings. The lowest BCUT2D eigenvalue weighted by Gasteiger charge is -2.18. The molecule has 2 aromatic carbocycles. The molecule has 0 atom stereocenters. The lowest BCUT2D eigenvalue weighted by atomic mass is 10.2. The molecule has 8 nitrogen and oxygen atoms in total. The lowest BCUT2D eigenvalue weighted by molar-refractivity contribution is -0.116. The Morgan fingerprint density at radius 1 is 1.00 bits per heavy atom. The van der Waals surface area contributed by atoms with E-state index in [4.69, 9.17) is 0 Å². The Kier molecular flexibility index (Phi) is 6.72. The van der Waals surface area contributed by atoms with Crippen molar-refractivity contribution in [3.05, 3.63) is 78.5 Å². The molecule has 1 aliphatic rings. The van der Waals surface area contributed by atoms with Crippen LogP contribution in [0.15, 0.2) is 82.7 Å². The number of nitrogens with zero attached hydrogens (tertiary/aromatic N) is 3. The number of urea groups is 1. The van der Waals surface area contributed by atoms with E-state index in [9.17, 15) is 31.2 Å². The van der Waals surface area contributed by atoms with Crippen LogP contribution in [0.3, 0.4) is 0 Å². The second-order valence-electron chi connectivity index (χ2n) is 7.38. The molecule has 1 aromatic heterocycles. The predicted molar refractivity (Wildman–Crippen MR) is 123 cm³/mol. The molecular formula is C22H17F3N4O4S2. The van der Waals surface area contributed by atoms with Gasteiger partial charge in [-0.1, -0.05) is 18.2 Å². The largest absolute Gasteiger partial charge is 0.446 e. The Morgan fingerprint density at radius 2 is 1.69 bits per heavy atom. The highest BCUT2D eigenvalue weighted by atomic mass is 32.2. The molecule has 0 bridgehead atoms. The van der Waals surface area contributed by atoms with Crippen molar-refractivity contribution in [3.63, 3.8) is 0 Å². The first-order valence-electron chi connectivity index (χ1n) is 10.0. The fraction of sp³-hybridized carbons (Fsp3) is 0.136. The van der Waals surface area contributed by atoms with Crippen LogP contribution in [0.1, 0.15) is 5.56 Å². The summed E-state index contributed by atoms with van der Waals surface area (Å²) < 4.78 is 65.0. The third kappa shape index (κ3) is 5.92. The maximum absolute atomic E-state index is 12.9.